The van der Waals surface area contributed by atoms with Crippen LogP contribution in [0.5, 0.6) is 0 Å². The third-order valence-corrected chi connectivity index (χ3v) is 10.4. The van der Waals surface area contributed by atoms with Crippen molar-refractivity contribution < 1.29 is 74.1 Å². The maximum atomic E-state index is 8.51. The Bertz CT molecular complexity index is 333. The van der Waals surface area contributed by atoms with E-state index in [2.05, 4.69) is 69.2 Å². The predicted molar refractivity (Wildman–Crippen MR) is 188 cm³/mol. The summed E-state index contributed by atoms with van der Waals surface area (Å²) in [7, 11) is 4.00. The molecule has 0 aromatic heterocycles. The molecule has 8 heteroatoms. The van der Waals surface area contributed by atoms with E-state index in [9.17, 15) is 0 Å². The first-order valence-electron chi connectivity index (χ1n) is 16.0. The van der Waals surface area contributed by atoms with E-state index >= 15 is 0 Å². The van der Waals surface area contributed by atoms with Crippen LogP contribution < -0.4 is 0 Å². The normalized spacial score (nSPS) is 28.6. The zero-order valence-corrected chi connectivity index (χ0v) is 35.7. The average molecular weight is 709 g/mol. The minimum atomic E-state index is 0. The molecule has 2 aliphatic rings. The molecule has 0 unspecified atom stereocenters. The minimum Gasteiger partial charge on any atom is -0.400 e. The molecule has 0 aliphatic heterocycles. The molecule has 0 amide bonds. The Morgan fingerprint density at radius 1 is 0.273 bits per heavy atom. The van der Waals surface area contributed by atoms with Crippen LogP contribution in [0.3, 0.4) is 0 Å². The largest absolute Gasteiger partial charge is 0.400 e. The third-order valence-electron chi connectivity index (χ3n) is 10.4. The second kappa shape index (κ2) is 48.6. The van der Waals surface area contributed by atoms with Crippen LogP contribution in [0.2, 0.25) is 0 Å². The summed E-state index contributed by atoms with van der Waals surface area (Å²) in [6.07, 6.45) is 9.30. The van der Waals surface area contributed by atoms with Gasteiger partial charge in [-0.2, -0.15) is 0 Å². The van der Waals surface area contributed by atoms with Crippen LogP contribution in [-0.2, 0) is 43.4 Å². The zero-order chi connectivity index (χ0) is 32.8. The first-order valence-corrected chi connectivity index (χ1v) is 16.0. The monoisotopic (exact) mass is 709 g/mol. The summed E-state index contributed by atoms with van der Waals surface area (Å²) < 4.78 is 0. The van der Waals surface area contributed by atoms with Crippen molar-refractivity contribution in [1.82, 2.24) is 0 Å². The van der Waals surface area contributed by atoms with Gasteiger partial charge in [-0.1, -0.05) is 108 Å². The minimum absolute atomic E-state index is 0. The van der Waals surface area contributed by atoms with Gasteiger partial charge in [0.1, 0.15) is 0 Å². The van der Waals surface area contributed by atoms with Crippen LogP contribution in [0.15, 0.2) is 0 Å². The van der Waals surface area contributed by atoms with Crippen molar-refractivity contribution in [3.8, 4) is 0 Å². The molecule has 0 aromatic carbocycles. The Kier molecular flexibility index (Phi) is 74.4. The molecule has 0 radical (unpaired) electrons. The molecule has 0 saturated heterocycles. The van der Waals surface area contributed by atoms with Gasteiger partial charge in [-0.25, -0.2) is 0 Å². The smallest absolute Gasteiger partial charge is 0.0431 e. The van der Waals surface area contributed by atoms with E-state index in [-0.39, 0.29) is 58.3 Å². The number of aliphatic hydroxyl groups excluding tert-OH is 6. The third kappa shape index (κ3) is 30.5. The quantitative estimate of drug-likeness (QED) is 0.0827. The molecule has 0 spiro atoms. The Labute approximate surface area is 308 Å². The Hall–Kier alpha value is 1.19. The van der Waals surface area contributed by atoms with Gasteiger partial charge in [-0.05, 0) is 72.0 Å². The summed E-state index contributed by atoms with van der Waals surface area (Å²) in [6, 6.07) is 0. The van der Waals surface area contributed by atoms with Gasteiger partial charge in [0, 0.05) is 85.1 Å². The van der Waals surface area contributed by atoms with Gasteiger partial charge in [0.25, 0.3) is 0 Å². The van der Waals surface area contributed by atoms with Crippen molar-refractivity contribution >= 4 is 0 Å². The Balaban J connectivity index is -0.0000000514. The number of unbranched alkanes of at least 4 members (excludes halogenated alkanes) is 7. The van der Waals surface area contributed by atoms with Gasteiger partial charge in [-0.15, -0.1) is 0 Å². The molecule has 0 heterocycles. The second-order valence-electron chi connectivity index (χ2n) is 11.9. The Morgan fingerprint density at radius 3 is 0.455 bits per heavy atom. The first-order chi connectivity index (χ1) is 19.0. The standard InChI is InChI=1S/C10H22O2.2C10H20.4CH4O.2CH3.2Ti/c11-9-7-5-3-1-2-4-6-8-10-12;2*1-6-7(2)9(4)10(5)8(6)3;4*1-2;;;;/h11-12H,1-10H2;2*6-10H,1-5H3;4*2H,1H3;2*1H3;;/q;;;;;;;2*-1;;. The summed E-state index contributed by atoms with van der Waals surface area (Å²) in [5, 5.41) is 45.0. The van der Waals surface area contributed by atoms with E-state index in [1.807, 2.05) is 0 Å². The van der Waals surface area contributed by atoms with E-state index in [1.165, 1.54) is 25.7 Å². The second-order valence-corrected chi connectivity index (χ2v) is 11.9. The van der Waals surface area contributed by atoms with Crippen molar-refractivity contribution in [2.75, 3.05) is 41.7 Å². The summed E-state index contributed by atoms with van der Waals surface area (Å²) in [4.78, 5) is 0. The number of hydrogen-bond acceptors (Lipinski definition) is 6. The molecule has 0 bridgehead atoms. The fourth-order valence-electron chi connectivity index (χ4n) is 6.07. The number of aliphatic hydroxyl groups is 6. The molecule has 2 aliphatic carbocycles. The van der Waals surface area contributed by atoms with Crippen molar-refractivity contribution in [3.63, 3.8) is 0 Å². The van der Waals surface area contributed by atoms with Gasteiger partial charge in [0.2, 0.25) is 0 Å². The van der Waals surface area contributed by atoms with Crippen LogP contribution in [0.25, 0.3) is 0 Å². The molecular weight excluding hydrogens is 624 g/mol. The SMILES string of the molecule is CC1C(C)C(C)C(C)C1C.CC1C(C)C(C)C(C)C1C.CO.CO.CO.CO.OCCCCCCCCCCO.[CH3-].[CH3-].[Ti].[Ti]. The van der Waals surface area contributed by atoms with Crippen LogP contribution in [0.1, 0.15) is 121 Å². The molecule has 6 N–H and O–H groups in total. The molecule has 2 fully saturated rings. The van der Waals surface area contributed by atoms with Gasteiger partial charge < -0.3 is 45.5 Å². The van der Waals surface area contributed by atoms with Gasteiger partial charge >= 0.3 is 0 Å². The molecule has 6 nitrogen and oxygen atoms in total. The fraction of sp³-hybridized carbons (Fsp3) is 0.944. The molecular formula is C36H84O6Ti2-2. The summed E-state index contributed by atoms with van der Waals surface area (Å²) >= 11 is 0. The maximum Gasteiger partial charge on any atom is 0.0431 e. The fourth-order valence-corrected chi connectivity index (χ4v) is 6.07. The van der Waals surface area contributed by atoms with E-state index in [0.29, 0.717) is 13.2 Å². The van der Waals surface area contributed by atoms with Crippen LogP contribution in [-0.4, -0.2) is 72.3 Å². The van der Waals surface area contributed by atoms with Crippen LogP contribution in [0, 0.1) is 74.0 Å². The van der Waals surface area contributed by atoms with Gasteiger partial charge in [-0.3, -0.25) is 0 Å². The average Bonchev–Trinajstić information content (AvgIpc) is 3.28. The first kappa shape index (κ1) is 67.4. The van der Waals surface area contributed by atoms with E-state index in [1.54, 1.807) is 0 Å². The van der Waals surface area contributed by atoms with Crippen molar-refractivity contribution in [2.24, 2.45) is 59.2 Å². The molecule has 2 saturated carbocycles. The number of hydrogen-bond donors (Lipinski definition) is 6. The zero-order valence-electron chi connectivity index (χ0n) is 32.5. The van der Waals surface area contributed by atoms with Crippen molar-refractivity contribution in [1.29, 1.82) is 0 Å². The summed E-state index contributed by atoms with van der Waals surface area (Å²) in [5.41, 5.74) is 0. The number of rotatable bonds is 9. The van der Waals surface area contributed by atoms with Gasteiger partial charge in [0.15, 0.2) is 0 Å². The van der Waals surface area contributed by atoms with Crippen molar-refractivity contribution in [2.45, 2.75) is 121 Å². The molecule has 274 valence electrons. The predicted octanol–water partition coefficient (Wildman–Crippen LogP) is 7.78. The molecule has 44 heavy (non-hydrogen) atoms. The molecule has 0 atom stereocenters. The van der Waals surface area contributed by atoms with E-state index in [0.717, 1.165) is 113 Å². The summed E-state index contributed by atoms with van der Waals surface area (Å²) in [6.45, 7) is 24.7. The molecule has 0 aromatic rings. The van der Waals surface area contributed by atoms with Gasteiger partial charge in [0.05, 0.1) is 0 Å². The summed E-state index contributed by atoms with van der Waals surface area (Å²) in [5.74, 6) is 9.35. The van der Waals surface area contributed by atoms with E-state index in [4.69, 9.17) is 30.6 Å². The van der Waals surface area contributed by atoms with Crippen molar-refractivity contribution in [3.05, 3.63) is 14.9 Å². The van der Waals surface area contributed by atoms with Crippen LogP contribution in [0.4, 0.5) is 0 Å². The van der Waals surface area contributed by atoms with E-state index < -0.39 is 0 Å². The maximum absolute atomic E-state index is 8.51. The molecule has 2 rings (SSSR count). The topological polar surface area (TPSA) is 121 Å². The van der Waals surface area contributed by atoms with Crippen LogP contribution >= 0.6 is 0 Å². The Morgan fingerprint density at radius 2 is 0.364 bits per heavy atom.